The number of benzene rings is 1. The Balaban J connectivity index is 2.03. The van der Waals surface area contributed by atoms with Gasteiger partial charge in [0.25, 0.3) is 0 Å². The van der Waals surface area contributed by atoms with E-state index in [2.05, 4.69) is 48.7 Å². The van der Waals surface area contributed by atoms with Gasteiger partial charge in [0.1, 0.15) is 0 Å². The molecule has 15 heavy (non-hydrogen) atoms. The van der Waals surface area contributed by atoms with Crippen molar-refractivity contribution in [1.82, 2.24) is 5.32 Å². The van der Waals surface area contributed by atoms with Crippen LogP contribution in [0, 0.1) is 5.92 Å². The van der Waals surface area contributed by atoms with Crippen LogP contribution < -0.4 is 10.6 Å². The number of nitrogens with one attached hydrogen (secondary N) is 2. The highest BCUT2D eigenvalue weighted by atomic mass is 14.9. The van der Waals surface area contributed by atoms with Crippen LogP contribution in [0.25, 0.3) is 0 Å². The van der Waals surface area contributed by atoms with Crippen molar-refractivity contribution in [2.75, 3.05) is 25.0 Å². The first-order valence-corrected chi connectivity index (χ1v) is 5.82. The van der Waals surface area contributed by atoms with Gasteiger partial charge < -0.3 is 10.6 Å². The van der Waals surface area contributed by atoms with Gasteiger partial charge in [-0.3, -0.25) is 0 Å². The molecule has 0 aliphatic rings. The molecule has 2 N–H and O–H groups in total. The highest BCUT2D eigenvalue weighted by molar-refractivity contribution is 5.42. The van der Waals surface area contributed by atoms with Gasteiger partial charge in [-0.05, 0) is 24.6 Å². The molecular formula is C13H22N2. The molecular weight excluding hydrogens is 184 g/mol. The molecule has 0 saturated carbocycles. The van der Waals surface area contributed by atoms with Crippen molar-refractivity contribution in [3.05, 3.63) is 30.3 Å². The Morgan fingerprint density at radius 2 is 1.87 bits per heavy atom. The van der Waals surface area contributed by atoms with Crippen LogP contribution in [0.15, 0.2) is 30.3 Å². The molecule has 1 unspecified atom stereocenters. The predicted octanol–water partition coefficient (Wildman–Crippen LogP) is 2.73. The first-order chi connectivity index (χ1) is 7.33. The van der Waals surface area contributed by atoms with Crippen LogP contribution >= 0.6 is 0 Å². The Morgan fingerprint density at radius 1 is 1.13 bits per heavy atom. The fourth-order valence-corrected chi connectivity index (χ4v) is 1.34. The Bertz CT molecular complexity index is 246. The Kier molecular flexibility index (Phi) is 5.86. The van der Waals surface area contributed by atoms with Gasteiger partial charge in [-0.15, -0.1) is 0 Å². The van der Waals surface area contributed by atoms with Crippen molar-refractivity contribution in [2.45, 2.75) is 20.3 Å². The highest BCUT2D eigenvalue weighted by Gasteiger charge is 1.96. The molecule has 2 heteroatoms. The summed E-state index contributed by atoms with van der Waals surface area (Å²) in [5.41, 5.74) is 1.20. The minimum atomic E-state index is 0.779. The van der Waals surface area contributed by atoms with Crippen molar-refractivity contribution in [3.8, 4) is 0 Å². The first kappa shape index (κ1) is 12.1. The SMILES string of the molecule is CCC(C)CNCCNc1ccccc1. The summed E-state index contributed by atoms with van der Waals surface area (Å²) in [5.74, 6) is 0.779. The van der Waals surface area contributed by atoms with Crippen molar-refractivity contribution < 1.29 is 0 Å². The maximum atomic E-state index is 3.44. The van der Waals surface area contributed by atoms with Gasteiger partial charge in [0.05, 0.1) is 0 Å². The molecule has 84 valence electrons. The second-order valence-electron chi connectivity index (χ2n) is 4.01. The number of rotatable bonds is 7. The maximum Gasteiger partial charge on any atom is 0.0340 e. The molecule has 0 aliphatic carbocycles. The second-order valence-corrected chi connectivity index (χ2v) is 4.01. The number of anilines is 1. The molecule has 1 aromatic carbocycles. The summed E-state index contributed by atoms with van der Waals surface area (Å²) in [5, 5.41) is 6.82. The lowest BCUT2D eigenvalue weighted by Gasteiger charge is -2.11. The van der Waals surface area contributed by atoms with E-state index in [4.69, 9.17) is 0 Å². The van der Waals surface area contributed by atoms with Gasteiger partial charge in [-0.25, -0.2) is 0 Å². The third-order valence-corrected chi connectivity index (χ3v) is 2.59. The molecule has 1 atom stereocenters. The fraction of sp³-hybridized carbons (Fsp3) is 0.538. The van der Waals surface area contributed by atoms with E-state index in [0.717, 1.165) is 25.6 Å². The van der Waals surface area contributed by atoms with E-state index in [1.54, 1.807) is 0 Å². The van der Waals surface area contributed by atoms with Crippen molar-refractivity contribution in [1.29, 1.82) is 0 Å². The largest absolute Gasteiger partial charge is 0.384 e. The Morgan fingerprint density at radius 3 is 2.53 bits per heavy atom. The van der Waals surface area contributed by atoms with Gasteiger partial charge in [0.2, 0.25) is 0 Å². The van der Waals surface area contributed by atoms with E-state index in [1.165, 1.54) is 12.1 Å². The molecule has 0 radical (unpaired) electrons. The molecule has 0 fully saturated rings. The number of hydrogen-bond donors (Lipinski definition) is 2. The van der Waals surface area contributed by atoms with Crippen LogP contribution in [-0.4, -0.2) is 19.6 Å². The van der Waals surface area contributed by atoms with Crippen LogP contribution in [0.5, 0.6) is 0 Å². The van der Waals surface area contributed by atoms with E-state index in [0.29, 0.717) is 0 Å². The molecule has 0 aromatic heterocycles. The molecule has 0 spiro atoms. The summed E-state index contributed by atoms with van der Waals surface area (Å²) in [6.07, 6.45) is 1.25. The molecule has 1 aromatic rings. The first-order valence-electron chi connectivity index (χ1n) is 5.82. The van der Waals surface area contributed by atoms with Crippen LogP contribution in [0.3, 0.4) is 0 Å². The van der Waals surface area contributed by atoms with Crippen LogP contribution in [0.1, 0.15) is 20.3 Å². The average Bonchev–Trinajstić information content (AvgIpc) is 2.29. The average molecular weight is 206 g/mol. The van der Waals surface area contributed by atoms with Crippen molar-refractivity contribution >= 4 is 5.69 Å². The Hall–Kier alpha value is -1.02. The molecule has 2 nitrogen and oxygen atoms in total. The third-order valence-electron chi connectivity index (χ3n) is 2.59. The molecule has 0 amide bonds. The van der Waals surface area contributed by atoms with Gasteiger partial charge in [-0.1, -0.05) is 38.5 Å². The number of hydrogen-bond acceptors (Lipinski definition) is 2. The van der Waals surface area contributed by atoms with Crippen LogP contribution in [-0.2, 0) is 0 Å². The summed E-state index contributed by atoms with van der Waals surface area (Å²) < 4.78 is 0. The smallest absolute Gasteiger partial charge is 0.0340 e. The van der Waals surface area contributed by atoms with E-state index in [1.807, 2.05) is 6.07 Å². The molecule has 0 heterocycles. The lowest BCUT2D eigenvalue weighted by molar-refractivity contribution is 0.506. The van der Waals surface area contributed by atoms with Crippen molar-refractivity contribution in [2.24, 2.45) is 5.92 Å². The van der Waals surface area contributed by atoms with Gasteiger partial charge in [0, 0.05) is 18.8 Å². The zero-order valence-corrected chi connectivity index (χ0v) is 9.79. The zero-order valence-electron chi connectivity index (χ0n) is 9.79. The third kappa shape index (κ3) is 5.43. The minimum absolute atomic E-state index is 0.779. The van der Waals surface area contributed by atoms with E-state index in [-0.39, 0.29) is 0 Å². The Labute approximate surface area is 93.1 Å². The quantitative estimate of drug-likeness (QED) is 0.670. The summed E-state index contributed by atoms with van der Waals surface area (Å²) in [7, 11) is 0. The summed E-state index contributed by atoms with van der Waals surface area (Å²) in [6.45, 7) is 7.64. The standard InChI is InChI=1S/C13H22N2/c1-3-12(2)11-14-9-10-15-13-7-5-4-6-8-13/h4-8,12,14-15H,3,9-11H2,1-2H3. The minimum Gasteiger partial charge on any atom is -0.384 e. The summed E-state index contributed by atoms with van der Waals surface area (Å²) >= 11 is 0. The second kappa shape index (κ2) is 7.30. The summed E-state index contributed by atoms with van der Waals surface area (Å²) in [6, 6.07) is 10.3. The maximum absolute atomic E-state index is 3.44. The molecule has 0 bridgehead atoms. The molecule has 1 rings (SSSR count). The predicted molar refractivity (Wildman–Crippen MR) is 67.3 cm³/mol. The normalized spacial score (nSPS) is 12.4. The molecule has 0 aliphatic heterocycles. The van der Waals surface area contributed by atoms with Gasteiger partial charge in [0.15, 0.2) is 0 Å². The zero-order chi connectivity index (χ0) is 10.9. The summed E-state index contributed by atoms with van der Waals surface area (Å²) in [4.78, 5) is 0. The van der Waals surface area contributed by atoms with Gasteiger partial charge >= 0.3 is 0 Å². The van der Waals surface area contributed by atoms with Crippen LogP contribution in [0.2, 0.25) is 0 Å². The molecule has 0 saturated heterocycles. The van der Waals surface area contributed by atoms with E-state index in [9.17, 15) is 0 Å². The topological polar surface area (TPSA) is 24.1 Å². The lowest BCUT2D eigenvalue weighted by Crippen LogP contribution is -2.26. The fourth-order valence-electron chi connectivity index (χ4n) is 1.34. The lowest BCUT2D eigenvalue weighted by atomic mass is 10.1. The van der Waals surface area contributed by atoms with E-state index >= 15 is 0 Å². The number of para-hydroxylation sites is 1. The monoisotopic (exact) mass is 206 g/mol. The van der Waals surface area contributed by atoms with Gasteiger partial charge in [-0.2, -0.15) is 0 Å². The van der Waals surface area contributed by atoms with Crippen LogP contribution in [0.4, 0.5) is 5.69 Å². The van der Waals surface area contributed by atoms with E-state index < -0.39 is 0 Å². The highest BCUT2D eigenvalue weighted by Crippen LogP contribution is 2.03. The van der Waals surface area contributed by atoms with Crippen molar-refractivity contribution in [3.63, 3.8) is 0 Å².